The number of rotatable bonds is 4. The molecule has 20 heavy (non-hydrogen) atoms. The standard InChI is InChI=1S/C16H13NO3/c1-11-6-7-15(13(8-11)10-17)20-14-5-3-2-4-12(14)9-16(18)19/h2-8H,9H2,1H3,(H,18,19). The van der Waals surface area contributed by atoms with E-state index in [0.717, 1.165) is 5.56 Å². The number of nitrogens with zero attached hydrogens (tertiary/aromatic N) is 1. The van der Waals surface area contributed by atoms with E-state index >= 15 is 0 Å². The molecule has 0 fully saturated rings. The molecule has 2 aromatic carbocycles. The molecule has 0 bridgehead atoms. The molecule has 2 rings (SSSR count). The zero-order chi connectivity index (χ0) is 14.5. The number of hydrogen-bond acceptors (Lipinski definition) is 3. The van der Waals surface area contributed by atoms with Crippen molar-refractivity contribution in [3.05, 3.63) is 59.2 Å². The summed E-state index contributed by atoms with van der Waals surface area (Å²) in [7, 11) is 0. The summed E-state index contributed by atoms with van der Waals surface area (Å²) in [5, 5.41) is 18.0. The van der Waals surface area contributed by atoms with E-state index in [4.69, 9.17) is 15.1 Å². The molecule has 0 amide bonds. The van der Waals surface area contributed by atoms with Gasteiger partial charge in [0.2, 0.25) is 0 Å². The van der Waals surface area contributed by atoms with Crippen molar-refractivity contribution in [1.82, 2.24) is 0 Å². The van der Waals surface area contributed by atoms with Gasteiger partial charge < -0.3 is 9.84 Å². The molecule has 2 aromatic rings. The molecule has 0 atom stereocenters. The molecular weight excluding hydrogens is 254 g/mol. The largest absolute Gasteiger partial charge is 0.481 e. The maximum Gasteiger partial charge on any atom is 0.307 e. The molecule has 0 radical (unpaired) electrons. The first-order valence-electron chi connectivity index (χ1n) is 6.08. The van der Waals surface area contributed by atoms with Crippen molar-refractivity contribution in [2.45, 2.75) is 13.3 Å². The van der Waals surface area contributed by atoms with Crippen LogP contribution in [0.15, 0.2) is 42.5 Å². The van der Waals surface area contributed by atoms with Gasteiger partial charge in [-0.15, -0.1) is 0 Å². The topological polar surface area (TPSA) is 70.3 Å². The first-order valence-corrected chi connectivity index (χ1v) is 6.08. The average Bonchev–Trinajstić information content (AvgIpc) is 2.42. The Hall–Kier alpha value is -2.80. The number of hydrogen-bond donors (Lipinski definition) is 1. The van der Waals surface area contributed by atoms with Gasteiger partial charge in [0, 0.05) is 5.56 Å². The molecule has 100 valence electrons. The van der Waals surface area contributed by atoms with E-state index in [-0.39, 0.29) is 6.42 Å². The molecule has 0 heterocycles. The number of benzene rings is 2. The van der Waals surface area contributed by atoms with Crippen LogP contribution in [-0.4, -0.2) is 11.1 Å². The van der Waals surface area contributed by atoms with E-state index in [2.05, 4.69) is 6.07 Å². The average molecular weight is 267 g/mol. The van der Waals surface area contributed by atoms with Gasteiger partial charge >= 0.3 is 5.97 Å². The number of carboxylic acids is 1. The second-order valence-corrected chi connectivity index (χ2v) is 4.39. The SMILES string of the molecule is Cc1ccc(Oc2ccccc2CC(=O)O)c(C#N)c1. The van der Waals surface area contributed by atoms with Gasteiger partial charge in [-0.3, -0.25) is 4.79 Å². The lowest BCUT2D eigenvalue weighted by Gasteiger charge is -2.11. The van der Waals surface area contributed by atoms with Crippen LogP contribution < -0.4 is 4.74 Å². The molecule has 0 saturated heterocycles. The molecule has 0 aliphatic rings. The fraction of sp³-hybridized carbons (Fsp3) is 0.125. The van der Waals surface area contributed by atoms with E-state index in [1.807, 2.05) is 13.0 Å². The summed E-state index contributed by atoms with van der Waals surface area (Å²) < 4.78 is 5.70. The van der Waals surface area contributed by atoms with Crippen molar-refractivity contribution >= 4 is 5.97 Å². The third kappa shape index (κ3) is 3.15. The molecule has 0 unspecified atom stereocenters. The van der Waals surface area contributed by atoms with Gasteiger partial charge in [0.05, 0.1) is 12.0 Å². The number of aliphatic carboxylic acids is 1. The highest BCUT2D eigenvalue weighted by Crippen LogP contribution is 2.28. The highest BCUT2D eigenvalue weighted by Gasteiger charge is 2.10. The summed E-state index contributed by atoms with van der Waals surface area (Å²) >= 11 is 0. The molecule has 0 spiro atoms. The minimum atomic E-state index is -0.925. The van der Waals surface area contributed by atoms with Crippen molar-refractivity contribution in [1.29, 1.82) is 5.26 Å². The van der Waals surface area contributed by atoms with E-state index in [1.54, 1.807) is 36.4 Å². The van der Waals surface area contributed by atoms with E-state index in [1.165, 1.54) is 0 Å². The van der Waals surface area contributed by atoms with Gasteiger partial charge in [0.15, 0.2) is 0 Å². The van der Waals surface area contributed by atoms with Crippen LogP contribution >= 0.6 is 0 Å². The summed E-state index contributed by atoms with van der Waals surface area (Å²) in [4.78, 5) is 10.8. The van der Waals surface area contributed by atoms with Crippen LogP contribution in [0.1, 0.15) is 16.7 Å². The van der Waals surface area contributed by atoms with Gasteiger partial charge in [-0.1, -0.05) is 24.3 Å². The summed E-state index contributed by atoms with van der Waals surface area (Å²) in [5.41, 5.74) is 1.97. The van der Waals surface area contributed by atoms with Gasteiger partial charge in [-0.05, 0) is 30.7 Å². The van der Waals surface area contributed by atoms with Crippen molar-refractivity contribution in [2.75, 3.05) is 0 Å². The highest BCUT2D eigenvalue weighted by atomic mass is 16.5. The number of aryl methyl sites for hydroxylation is 1. The minimum Gasteiger partial charge on any atom is -0.481 e. The number of para-hydroxylation sites is 1. The smallest absolute Gasteiger partial charge is 0.307 e. The van der Waals surface area contributed by atoms with Gasteiger partial charge in [0.1, 0.15) is 17.6 Å². The Labute approximate surface area is 116 Å². The number of carboxylic acid groups (broad SMARTS) is 1. The van der Waals surface area contributed by atoms with Crippen molar-refractivity contribution in [3.8, 4) is 17.6 Å². The van der Waals surface area contributed by atoms with Crippen LogP contribution in [0.3, 0.4) is 0 Å². The molecule has 0 aliphatic heterocycles. The fourth-order valence-corrected chi connectivity index (χ4v) is 1.85. The number of ether oxygens (including phenoxy) is 1. The Balaban J connectivity index is 2.36. The summed E-state index contributed by atoms with van der Waals surface area (Å²) in [5.74, 6) is -0.0448. The van der Waals surface area contributed by atoms with Crippen LogP contribution in [0.2, 0.25) is 0 Å². The summed E-state index contributed by atoms with van der Waals surface area (Å²) in [6.45, 7) is 1.89. The summed E-state index contributed by atoms with van der Waals surface area (Å²) in [6.07, 6.45) is -0.121. The predicted molar refractivity (Wildman–Crippen MR) is 73.7 cm³/mol. The maximum atomic E-state index is 10.8. The normalized spacial score (nSPS) is 9.80. The first kappa shape index (κ1) is 13.6. The lowest BCUT2D eigenvalue weighted by Crippen LogP contribution is -2.02. The molecule has 0 aliphatic carbocycles. The number of carbonyl (C=O) groups is 1. The maximum absolute atomic E-state index is 10.8. The van der Waals surface area contributed by atoms with Crippen molar-refractivity contribution in [3.63, 3.8) is 0 Å². The van der Waals surface area contributed by atoms with Crippen LogP contribution in [-0.2, 0) is 11.2 Å². The quantitative estimate of drug-likeness (QED) is 0.922. The highest BCUT2D eigenvalue weighted by molar-refractivity contribution is 5.71. The Morgan fingerprint density at radius 3 is 2.70 bits per heavy atom. The molecule has 4 heteroatoms. The fourth-order valence-electron chi connectivity index (χ4n) is 1.85. The van der Waals surface area contributed by atoms with Gasteiger partial charge in [-0.25, -0.2) is 0 Å². The monoisotopic (exact) mass is 267 g/mol. The zero-order valence-electron chi connectivity index (χ0n) is 11.0. The van der Waals surface area contributed by atoms with E-state index in [0.29, 0.717) is 22.6 Å². The predicted octanol–water partition coefficient (Wildman–Crippen LogP) is 3.29. The van der Waals surface area contributed by atoms with Crippen LogP contribution in [0, 0.1) is 18.3 Å². The van der Waals surface area contributed by atoms with Crippen LogP contribution in [0.5, 0.6) is 11.5 Å². The lowest BCUT2D eigenvalue weighted by atomic mass is 10.1. The molecule has 4 nitrogen and oxygen atoms in total. The third-order valence-corrected chi connectivity index (χ3v) is 2.79. The van der Waals surface area contributed by atoms with Gasteiger partial charge in [0.25, 0.3) is 0 Å². The Bertz CT molecular complexity index is 686. The first-order chi connectivity index (χ1) is 9.60. The van der Waals surface area contributed by atoms with E-state index in [9.17, 15) is 4.79 Å². The Morgan fingerprint density at radius 1 is 1.25 bits per heavy atom. The number of nitriles is 1. The third-order valence-electron chi connectivity index (χ3n) is 2.79. The second-order valence-electron chi connectivity index (χ2n) is 4.39. The Morgan fingerprint density at radius 2 is 2.00 bits per heavy atom. The summed E-state index contributed by atoms with van der Waals surface area (Å²) in [6, 6.07) is 14.3. The second kappa shape index (κ2) is 5.89. The van der Waals surface area contributed by atoms with Crippen molar-refractivity contribution in [2.24, 2.45) is 0 Å². The Kier molecular flexibility index (Phi) is 4.02. The molecule has 1 N–H and O–H groups in total. The van der Waals surface area contributed by atoms with Crippen LogP contribution in [0.4, 0.5) is 0 Å². The molecule has 0 saturated carbocycles. The van der Waals surface area contributed by atoms with Gasteiger partial charge in [-0.2, -0.15) is 5.26 Å². The zero-order valence-corrected chi connectivity index (χ0v) is 11.0. The molecular formula is C16H13NO3. The van der Waals surface area contributed by atoms with E-state index < -0.39 is 5.97 Å². The van der Waals surface area contributed by atoms with Crippen molar-refractivity contribution < 1.29 is 14.6 Å². The lowest BCUT2D eigenvalue weighted by molar-refractivity contribution is -0.136. The minimum absolute atomic E-state index is 0.121. The molecule has 0 aromatic heterocycles. The van der Waals surface area contributed by atoms with Crippen LogP contribution in [0.25, 0.3) is 0 Å².